The molecule has 2 atom stereocenters. The van der Waals surface area contributed by atoms with Crippen LogP contribution in [0.1, 0.15) is 11.4 Å². The Balaban J connectivity index is 1.84. The second kappa shape index (κ2) is 5.56. The highest BCUT2D eigenvalue weighted by Gasteiger charge is 2.23. The van der Waals surface area contributed by atoms with E-state index in [0.29, 0.717) is 36.4 Å². The summed E-state index contributed by atoms with van der Waals surface area (Å²) in [4.78, 5) is 12.9. The number of hydrogen-bond donors (Lipinski definition) is 2. The minimum atomic E-state index is -0.228. The van der Waals surface area contributed by atoms with Crippen molar-refractivity contribution in [1.29, 1.82) is 0 Å². The van der Waals surface area contributed by atoms with E-state index in [1.165, 1.54) is 0 Å². The lowest BCUT2D eigenvalue weighted by molar-refractivity contribution is 0.227. The van der Waals surface area contributed by atoms with Crippen molar-refractivity contribution >= 4 is 11.8 Å². The summed E-state index contributed by atoms with van der Waals surface area (Å²) in [5.74, 6) is 0.839. The molecule has 3 rings (SSSR count). The van der Waals surface area contributed by atoms with Crippen LogP contribution in [0.25, 0.3) is 0 Å². The van der Waals surface area contributed by atoms with E-state index in [1.54, 1.807) is 12.1 Å². The lowest BCUT2D eigenvalue weighted by Gasteiger charge is -2.04. The molecule has 0 fully saturated rings. The molecular formula is C13H15N3O4. The van der Waals surface area contributed by atoms with Crippen LogP contribution in [-0.4, -0.2) is 65.5 Å². The van der Waals surface area contributed by atoms with Crippen molar-refractivity contribution in [3.8, 4) is 0 Å². The molecule has 7 nitrogen and oxygen atoms in total. The Morgan fingerprint density at radius 3 is 1.85 bits per heavy atom. The fourth-order valence-corrected chi connectivity index (χ4v) is 1.97. The highest BCUT2D eigenvalue weighted by molar-refractivity contribution is 5.97. The zero-order chi connectivity index (χ0) is 13.9. The van der Waals surface area contributed by atoms with Gasteiger partial charge in [-0.05, 0) is 12.1 Å². The minimum absolute atomic E-state index is 0.0445. The van der Waals surface area contributed by atoms with Gasteiger partial charge in [0, 0.05) is 0 Å². The van der Waals surface area contributed by atoms with Crippen LogP contribution in [0.3, 0.4) is 0 Å². The Morgan fingerprint density at radius 2 is 1.45 bits per heavy atom. The van der Waals surface area contributed by atoms with Gasteiger partial charge in [0.05, 0.1) is 13.2 Å². The molecule has 0 aliphatic carbocycles. The van der Waals surface area contributed by atoms with E-state index in [0.717, 1.165) is 0 Å². The number of aliphatic hydroxyl groups is 2. The fraction of sp³-hybridized carbons (Fsp3) is 0.462. The summed E-state index contributed by atoms with van der Waals surface area (Å²) >= 11 is 0. The first-order valence-corrected chi connectivity index (χ1v) is 6.41. The lowest BCUT2D eigenvalue weighted by Crippen LogP contribution is -2.11. The van der Waals surface area contributed by atoms with Crippen LogP contribution < -0.4 is 0 Å². The molecule has 1 aromatic heterocycles. The van der Waals surface area contributed by atoms with Crippen molar-refractivity contribution in [3.63, 3.8) is 0 Å². The number of nitrogens with zero attached hydrogens (tertiary/aromatic N) is 3. The predicted molar refractivity (Wildman–Crippen MR) is 71.0 cm³/mol. The Labute approximate surface area is 115 Å². The van der Waals surface area contributed by atoms with Gasteiger partial charge >= 0.3 is 0 Å². The summed E-state index contributed by atoms with van der Waals surface area (Å²) in [6.07, 6.45) is 0. The molecule has 0 bridgehead atoms. The van der Waals surface area contributed by atoms with Gasteiger partial charge in [-0.2, -0.15) is 0 Å². The van der Waals surface area contributed by atoms with Gasteiger partial charge in [-0.1, -0.05) is 6.07 Å². The molecule has 0 unspecified atom stereocenters. The van der Waals surface area contributed by atoms with Crippen molar-refractivity contribution in [3.05, 3.63) is 29.6 Å². The van der Waals surface area contributed by atoms with Crippen molar-refractivity contribution in [2.75, 3.05) is 26.4 Å². The third-order valence-corrected chi connectivity index (χ3v) is 3.03. The Hall–Kier alpha value is -1.99. The average Bonchev–Trinajstić information content (AvgIpc) is 3.16. The van der Waals surface area contributed by atoms with E-state index in [4.69, 9.17) is 19.7 Å². The molecule has 106 valence electrons. The number of aromatic nitrogens is 1. The normalized spacial score (nSPS) is 24.9. The van der Waals surface area contributed by atoms with Gasteiger partial charge in [0.2, 0.25) is 11.8 Å². The Bertz CT molecular complexity index is 513. The summed E-state index contributed by atoms with van der Waals surface area (Å²) in [5, 5.41) is 18.1. The van der Waals surface area contributed by atoms with E-state index >= 15 is 0 Å². The van der Waals surface area contributed by atoms with Crippen LogP contribution in [0, 0.1) is 0 Å². The molecule has 0 radical (unpaired) electrons. The predicted octanol–water partition coefficient (Wildman–Crippen LogP) is -0.643. The topological polar surface area (TPSA) is 96.5 Å². The highest BCUT2D eigenvalue weighted by Crippen LogP contribution is 2.14. The summed E-state index contributed by atoms with van der Waals surface area (Å²) in [7, 11) is 0. The Kier molecular flexibility index (Phi) is 3.62. The number of hydrogen-bond acceptors (Lipinski definition) is 7. The molecule has 2 aliphatic rings. The van der Waals surface area contributed by atoms with Crippen LogP contribution in [0.4, 0.5) is 0 Å². The van der Waals surface area contributed by atoms with Crippen LogP contribution in [0.5, 0.6) is 0 Å². The summed E-state index contributed by atoms with van der Waals surface area (Å²) in [5.41, 5.74) is 1.16. The molecule has 3 heterocycles. The molecule has 0 saturated carbocycles. The molecule has 1 aromatic rings. The van der Waals surface area contributed by atoms with E-state index < -0.39 is 0 Å². The Morgan fingerprint density at radius 1 is 0.950 bits per heavy atom. The molecule has 2 aliphatic heterocycles. The van der Waals surface area contributed by atoms with Crippen LogP contribution in [0.2, 0.25) is 0 Å². The molecular weight excluding hydrogens is 262 g/mol. The van der Waals surface area contributed by atoms with Gasteiger partial charge < -0.3 is 19.7 Å². The standard InChI is InChI=1S/C13H15N3O4/c17-4-8-6-19-12(14-8)10-2-1-3-11(16-10)13-15-9(5-18)7-20-13/h1-3,8-9,17-18H,4-7H2/t8-,9-/m1/s1. The average molecular weight is 277 g/mol. The van der Waals surface area contributed by atoms with E-state index in [2.05, 4.69) is 15.0 Å². The van der Waals surface area contributed by atoms with Gasteiger partial charge in [0.15, 0.2) is 0 Å². The number of aliphatic imine (C=N–C) groups is 2. The van der Waals surface area contributed by atoms with Gasteiger partial charge in [0.25, 0.3) is 0 Å². The molecule has 0 saturated heterocycles. The molecule has 0 aromatic carbocycles. The van der Waals surface area contributed by atoms with Crippen LogP contribution >= 0.6 is 0 Å². The SMILES string of the molecule is OC[C@@H]1COC(c2cccc(C3=N[C@H](CO)CO3)n2)=N1. The van der Waals surface area contributed by atoms with Crippen molar-refractivity contribution in [2.45, 2.75) is 12.1 Å². The summed E-state index contributed by atoms with van der Waals surface area (Å²) in [6.45, 7) is 0.637. The first-order valence-electron chi connectivity index (χ1n) is 6.41. The number of ether oxygens (including phenoxy) is 2. The molecule has 7 heteroatoms. The van der Waals surface area contributed by atoms with E-state index in [1.807, 2.05) is 6.07 Å². The maximum atomic E-state index is 9.04. The largest absolute Gasteiger partial charge is 0.474 e. The minimum Gasteiger partial charge on any atom is -0.474 e. The van der Waals surface area contributed by atoms with Crippen molar-refractivity contribution in [1.82, 2.24) is 4.98 Å². The molecule has 2 N–H and O–H groups in total. The molecule has 0 amide bonds. The maximum absolute atomic E-state index is 9.04. The zero-order valence-electron chi connectivity index (χ0n) is 10.8. The third-order valence-electron chi connectivity index (χ3n) is 3.03. The quantitative estimate of drug-likeness (QED) is 0.763. The molecule has 20 heavy (non-hydrogen) atoms. The van der Waals surface area contributed by atoms with E-state index in [9.17, 15) is 0 Å². The first kappa shape index (κ1) is 13.0. The number of aliphatic hydroxyl groups excluding tert-OH is 2. The van der Waals surface area contributed by atoms with Crippen molar-refractivity contribution in [2.24, 2.45) is 9.98 Å². The third kappa shape index (κ3) is 2.50. The maximum Gasteiger partial charge on any atom is 0.235 e. The van der Waals surface area contributed by atoms with Gasteiger partial charge in [0.1, 0.15) is 36.7 Å². The monoisotopic (exact) mass is 277 g/mol. The van der Waals surface area contributed by atoms with E-state index in [-0.39, 0.29) is 25.3 Å². The van der Waals surface area contributed by atoms with Crippen molar-refractivity contribution < 1.29 is 19.7 Å². The van der Waals surface area contributed by atoms with Gasteiger partial charge in [-0.15, -0.1) is 0 Å². The number of rotatable bonds is 4. The van der Waals surface area contributed by atoms with Crippen LogP contribution in [-0.2, 0) is 9.47 Å². The summed E-state index contributed by atoms with van der Waals surface area (Å²) in [6, 6.07) is 4.92. The van der Waals surface area contributed by atoms with Gasteiger partial charge in [-0.3, -0.25) is 0 Å². The second-order valence-corrected chi connectivity index (χ2v) is 4.57. The smallest absolute Gasteiger partial charge is 0.235 e. The summed E-state index contributed by atoms with van der Waals surface area (Å²) < 4.78 is 10.8. The lowest BCUT2D eigenvalue weighted by atomic mass is 10.3. The fourth-order valence-electron chi connectivity index (χ4n) is 1.97. The highest BCUT2D eigenvalue weighted by atomic mass is 16.5. The second-order valence-electron chi connectivity index (χ2n) is 4.57. The zero-order valence-corrected chi connectivity index (χ0v) is 10.8. The first-order chi connectivity index (χ1) is 9.80. The van der Waals surface area contributed by atoms with Gasteiger partial charge in [-0.25, -0.2) is 15.0 Å². The molecule has 0 spiro atoms. The number of pyridine rings is 1. The van der Waals surface area contributed by atoms with Crippen LogP contribution in [0.15, 0.2) is 28.2 Å².